The highest BCUT2D eigenvalue weighted by molar-refractivity contribution is 5.96. The van der Waals surface area contributed by atoms with E-state index in [2.05, 4.69) is 6.92 Å². The molecule has 0 aliphatic heterocycles. The molecule has 0 fully saturated rings. The zero-order chi connectivity index (χ0) is 18.5. The van der Waals surface area contributed by atoms with E-state index in [1.165, 1.54) is 0 Å². The van der Waals surface area contributed by atoms with Gasteiger partial charge in [-0.3, -0.25) is 4.79 Å². The third kappa shape index (κ3) is 3.54. The van der Waals surface area contributed by atoms with E-state index >= 15 is 0 Å². The van der Waals surface area contributed by atoms with Crippen LogP contribution in [0.4, 0.5) is 0 Å². The first kappa shape index (κ1) is 17.9. The summed E-state index contributed by atoms with van der Waals surface area (Å²) in [5.74, 6) is 0.0322. The standard InChI is InChI=1S/C22H25N3O/c1-4-19-21(22(26)24(3)16-17-12-8-6-9-13-17)20(5-2)25(23-19)18-14-10-7-11-15-18/h6-15H,4-5,16H2,1-3H3. The van der Waals surface area contributed by atoms with Gasteiger partial charge in [-0.05, 0) is 30.5 Å². The fourth-order valence-electron chi connectivity index (χ4n) is 3.23. The summed E-state index contributed by atoms with van der Waals surface area (Å²) in [6, 6.07) is 20.1. The van der Waals surface area contributed by atoms with E-state index in [1.807, 2.05) is 79.3 Å². The van der Waals surface area contributed by atoms with E-state index in [9.17, 15) is 4.79 Å². The van der Waals surface area contributed by atoms with E-state index in [0.717, 1.165) is 41.0 Å². The lowest BCUT2D eigenvalue weighted by atomic mass is 10.1. The average Bonchev–Trinajstić information content (AvgIpc) is 3.07. The van der Waals surface area contributed by atoms with Crippen molar-refractivity contribution in [2.45, 2.75) is 33.2 Å². The third-order valence-corrected chi connectivity index (χ3v) is 4.55. The Kier molecular flexibility index (Phi) is 5.52. The Morgan fingerprint density at radius 3 is 2.15 bits per heavy atom. The number of para-hydroxylation sites is 1. The first-order valence-corrected chi connectivity index (χ1v) is 9.11. The van der Waals surface area contributed by atoms with Crippen molar-refractivity contribution in [1.29, 1.82) is 0 Å². The number of hydrogen-bond acceptors (Lipinski definition) is 2. The van der Waals surface area contributed by atoms with Gasteiger partial charge in [0.25, 0.3) is 5.91 Å². The van der Waals surface area contributed by atoms with Crippen molar-refractivity contribution >= 4 is 5.91 Å². The minimum Gasteiger partial charge on any atom is -0.337 e. The second kappa shape index (κ2) is 8.00. The van der Waals surface area contributed by atoms with E-state index in [-0.39, 0.29) is 5.91 Å². The Bertz CT molecular complexity index is 869. The lowest BCUT2D eigenvalue weighted by Gasteiger charge is -2.18. The van der Waals surface area contributed by atoms with Gasteiger partial charge in [0.15, 0.2) is 0 Å². The van der Waals surface area contributed by atoms with Gasteiger partial charge < -0.3 is 4.90 Å². The highest BCUT2D eigenvalue weighted by Crippen LogP contribution is 2.22. The monoisotopic (exact) mass is 347 g/mol. The number of aromatic nitrogens is 2. The topological polar surface area (TPSA) is 38.1 Å². The van der Waals surface area contributed by atoms with E-state index in [1.54, 1.807) is 4.90 Å². The Labute approximate surface area is 155 Å². The van der Waals surface area contributed by atoms with Crippen LogP contribution in [0.5, 0.6) is 0 Å². The molecule has 0 atom stereocenters. The van der Waals surface area contributed by atoms with Crippen molar-refractivity contribution in [3.63, 3.8) is 0 Å². The zero-order valence-corrected chi connectivity index (χ0v) is 15.6. The summed E-state index contributed by atoms with van der Waals surface area (Å²) in [4.78, 5) is 15.0. The largest absolute Gasteiger partial charge is 0.337 e. The Hall–Kier alpha value is -2.88. The summed E-state index contributed by atoms with van der Waals surface area (Å²) in [5.41, 5.74) is 4.68. The lowest BCUT2D eigenvalue weighted by molar-refractivity contribution is 0.0783. The van der Waals surface area contributed by atoms with Crippen molar-refractivity contribution in [3.8, 4) is 5.69 Å². The van der Waals surface area contributed by atoms with E-state index in [0.29, 0.717) is 6.54 Å². The minimum atomic E-state index is 0.0322. The van der Waals surface area contributed by atoms with Crippen molar-refractivity contribution in [2.75, 3.05) is 7.05 Å². The number of carbonyl (C=O) groups is 1. The Morgan fingerprint density at radius 2 is 1.58 bits per heavy atom. The molecule has 0 radical (unpaired) electrons. The maximum atomic E-state index is 13.2. The molecule has 134 valence electrons. The molecular weight excluding hydrogens is 322 g/mol. The minimum absolute atomic E-state index is 0.0322. The van der Waals surface area contributed by atoms with Gasteiger partial charge in [-0.1, -0.05) is 62.4 Å². The van der Waals surface area contributed by atoms with Gasteiger partial charge in [-0.15, -0.1) is 0 Å². The molecule has 0 saturated heterocycles. The molecule has 0 unspecified atom stereocenters. The maximum Gasteiger partial charge on any atom is 0.257 e. The number of aryl methyl sites for hydroxylation is 1. The quantitative estimate of drug-likeness (QED) is 0.668. The number of amides is 1. The lowest BCUT2D eigenvalue weighted by Crippen LogP contribution is -2.27. The SMILES string of the molecule is CCc1nn(-c2ccccc2)c(CC)c1C(=O)N(C)Cc1ccccc1. The summed E-state index contributed by atoms with van der Waals surface area (Å²) < 4.78 is 1.92. The number of carbonyl (C=O) groups excluding carboxylic acids is 1. The molecule has 4 heteroatoms. The zero-order valence-electron chi connectivity index (χ0n) is 15.6. The van der Waals surface area contributed by atoms with Gasteiger partial charge in [0.05, 0.1) is 22.6 Å². The van der Waals surface area contributed by atoms with Crippen molar-refractivity contribution in [1.82, 2.24) is 14.7 Å². The van der Waals surface area contributed by atoms with Crippen molar-refractivity contribution in [3.05, 3.63) is 83.2 Å². The average molecular weight is 347 g/mol. The van der Waals surface area contributed by atoms with Crippen LogP contribution in [-0.4, -0.2) is 27.6 Å². The molecule has 4 nitrogen and oxygen atoms in total. The molecule has 0 saturated carbocycles. The van der Waals surface area contributed by atoms with Gasteiger partial charge >= 0.3 is 0 Å². The van der Waals surface area contributed by atoms with Crippen LogP contribution >= 0.6 is 0 Å². The number of nitrogens with zero attached hydrogens (tertiary/aromatic N) is 3. The molecule has 3 aromatic rings. The molecule has 3 rings (SSSR count). The first-order chi connectivity index (χ1) is 12.7. The molecule has 0 aliphatic carbocycles. The van der Waals surface area contributed by atoms with Crippen molar-refractivity contribution in [2.24, 2.45) is 0 Å². The molecule has 1 aromatic heterocycles. The number of rotatable bonds is 6. The summed E-state index contributed by atoms with van der Waals surface area (Å²) in [7, 11) is 1.86. The molecule has 0 bridgehead atoms. The molecule has 0 N–H and O–H groups in total. The van der Waals surface area contributed by atoms with E-state index < -0.39 is 0 Å². The summed E-state index contributed by atoms with van der Waals surface area (Å²) in [5, 5.41) is 4.75. The maximum absolute atomic E-state index is 13.2. The summed E-state index contributed by atoms with van der Waals surface area (Å²) in [6.45, 7) is 4.71. The second-order valence-corrected chi connectivity index (χ2v) is 6.37. The second-order valence-electron chi connectivity index (χ2n) is 6.37. The van der Waals surface area contributed by atoms with Crippen LogP contribution in [0.15, 0.2) is 60.7 Å². The number of hydrogen-bond donors (Lipinski definition) is 0. The van der Waals surface area contributed by atoms with Gasteiger partial charge in [-0.25, -0.2) is 4.68 Å². The van der Waals surface area contributed by atoms with Gasteiger partial charge in [0, 0.05) is 13.6 Å². The van der Waals surface area contributed by atoms with Crippen LogP contribution in [0.2, 0.25) is 0 Å². The molecular formula is C22H25N3O. The molecule has 1 heterocycles. The van der Waals surface area contributed by atoms with Crippen molar-refractivity contribution < 1.29 is 4.79 Å². The fraction of sp³-hybridized carbons (Fsp3) is 0.273. The third-order valence-electron chi connectivity index (χ3n) is 4.55. The van der Waals surface area contributed by atoms with Gasteiger partial charge in [0.2, 0.25) is 0 Å². The molecule has 2 aromatic carbocycles. The Morgan fingerprint density at radius 1 is 0.962 bits per heavy atom. The van der Waals surface area contributed by atoms with Crippen LogP contribution in [0.25, 0.3) is 5.69 Å². The smallest absolute Gasteiger partial charge is 0.257 e. The summed E-state index contributed by atoms with van der Waals surface area (Å²) >= 11 is 0. The predicted molar refractivity (Wildman–Crippen MR) is 105 cm³/mol. The molecule has 1 amide bonds. The Balaban J connectivity index is 1.98. The molecule has 0 aliphatic rings. The summed E-state index contributed by atoms with van der Waals surface area (Å²) in [6.07, 6.45) is 1.48. The molecule has 26 heavy (non-hydrogen) atoms. The van der Waals surface area contributed by atoms with Crippen LogP contribution in [0.3, 0.4) is 0 Å². The van der Waals surface area contributed by atoms with Crippen LogP contribution < -0.4 is 0 Å². The van der Waals surface area contributed by atoms with Crippen LogP contribution in [0, 0.1) is 0 Å². The predicted octanol–water partition coefficient (Wildman–Crippen LogP) is 4.27. The van der Waals surface area contributed by atoms with Gasteiger partial charge in [0.1, 0.15) is 0 Å². The van der Waals surface area contributed by atoms with Gasteiger partial charge in [-0.2, -0.15) is 5.10 Å². The number of benzene rings is 2. The highest BCUT2D eigenvalue weighted by Gasteiger charge is 2.25. The van der Waals surface area contributed by atoms with E-state index in [4.69, 9.17) is 5.10 Å². The van der Waals surface area contributed by atoms with Crippen LogP contribution in [-0.2, 0) is 19.4 Å². The highest BCUT2D eigenvalue weighted by atomic mass is 16.2. The fourth-order valence-corrected chi connectivity index (χ4v) is 3.23. The van der Waals surface area contributed by atoms with Crippen LogP contribution in [0.1, 0.15) is 41.2 Å². The first-order valence-electron chi connectivity index (χ1n) is 9.11. The molecule has 0 spiro atoms. The normalized spacial score (nSPS) is 10.7.